The van der Waals surface area contributed by atoms with Gasteiger partial charge in [0, 0.05) is 38.3 Å². The molecule has 27 heavy (non-hydrogen) atoms. The average molecular weight is 369 g/mol. The van der Waals surface area contributed by atoms with Crippen LogP contribution in [0.1, 0.15) is 19.4 Å². The third kappa shape index (κ3) is 3.37. The monoisotopic (exact) mass is 369 g/mol. The molecule has 0 bridgehead atoms. The summed E-state index contributed by atoms with van der Waals surface area (Å²) in [4.78, 5) is 16.8. The van der Waals surface area contributed by atoms with Crippen molar-refractivity contribution < 1.29 is 13.9 Å². The molecule has 142 valence electrons. The highest BCUT2D eigenvalue weighted by atomic mass is 19.1. The van der Waals surface area contributed by atoms with E-state index in [2.05, 4.69) is 10.2 Å². The summed E-state index contributed by atoms with van der Waals surface area (Å²) in [7, 11) is 0. The van der Waals surface area contributed by atoms with Crippen LogP contribution in [0.3, 0.4) is 0 Å². The van der Waals surface area contributed by atoms with Gasteiger partial charge in [-0.15, -0.1) is 0 Å². The minimum Gasteiger partial charge on any atom is -0.474 e. The smallest absolute Gasteiger partial charge is 0.271 e. The fourth-order valence-corrected chi connectivity index (χ4v) is 3.67. The highest BCUT2D eigenvalue weighted by Gasteiger charge is 2.42. The summed E-state index contributed by atoms with van der Waals surface area (Å²) in [5.74, 6) is 0.0472. The Hall–Kier alpha value is -2.60. The maximum Gasteiger partial charge on any atom is 0.271 e. The minimum atomic E-state index is -1.01. The molecule has 0 saturated carbocycles. The summed E-state index contributed by atoms with van der Waals surface area (Å²) in [6.45, 7) is 7.12. The average Bonchev–Trinajstić information content (AvgIpc) is 2.67. The van der Waals surface area contributed by atoms with Crippen LogP contribution in [0, 0.1) is 5.82 Å². The Balaban J connectivity index is 1.80. The molecule has 0 radical (unpaired) electrons. The van der Waals surface area contributed by atoms with Crippen LogP contribution in [-0.4, -0.2) is 37.7 Å². The Morgan fingerprint density at radius 1 is 1.11 bits per heavy atom. The van der Waals surface area contributed by atoms with Crippen LogP contribution < -0.4 is 19.9 Å². The van der Waals surface area contributed by atoms with Gasteiger partial charge in [0.25, 0.3) is 5.91 Å². The van der Waals surface area contributed by atoms with Gasteiger partial charge >= 0.3 is 0 Å². The zero-order valence-electron chi connectivity index (χ0n) is 15.7. The van der Waals surface area contributed by atoms with Gasteiger partial charge in [-0.1, -0.05) is 30.3 Å². The van der Waals surface area contributed by atoms with E-state index in [0.717, 1.165) is 31.7 Å². The van der Waals surface area contributed by atoms with E-state index in [1.807, 2.05) is 30.3 Å². The van der Waals surface area contributed by atoms with Gasteiger partial charge < -0.3 is 19.9 Å². The van der Waals surface area contributed by atoms with Gasteiger partial charge in [-0.3, -0.25) is 4.79 Å². The number of nitrogens with one attached hydrogen (secondary N) is 1. The van der Waals surface area contributed by atoms with Crippen molar-refractivity contribution in [2.24, 2.45) is 0 Å². The van der Waals surface area contributed by atoms with Gasteiger partial charge in [0.1, 0.15) is 5.82 Å². The number of carbonyl (C=O) groups is 1. The lowest BCUT2D eigenvalue weighted by molar-refractivity contribution is -0.132. The molecule has 0 unspecified atom stereocenters. The number of rotatable bonds is 3. The van der Waals surface area contributed by atoms with Crippen LogP contribution >= 0.6 is 0 Å². The highest BCUT2D eigenvalue weighted by Crippen LogP contribution is 2.45. The topological polar surface area (TPSA) is 44.8 Å². The molecule has 2 aromatic rings. The standard InChI is InChI=1S/C21H24FN3O2/c1-21(2)20(26)25(14-15-6-4-3-5-7-15)18-13-16(22)12-17(19(18)27-21)24-10-8-23-9-11-24/h3-7,12-13,23H,8-11,14H2,1-2H3. The summed E-state index contributed by atoms with van der Waals surface area (Å²) in [5.41, 5.74) is 1.19. The zero-order valence-corrected chi connectivity index (χ0v) is 15.7. The second-order valence-corrected chi connectivity index (χ2v) is 7.50. The highest BCUT2D eigenvalue weighted by molar-refractivity contribution is 6.03. The molecule has 2 aliphatic rings. The van der Waals surface area contributed by atoms with Gasteiger partial charge in [-0.2, -0.15) is 0 Å². The number of benzene rings is 2. The Bertz CT molecular complexity index is 848. The van der Waals surface area contributed by atoms with Gasteiger partial charge in [0.15, 0.2) is 11.4 Å². The van der Waals surface area contributed by atoms with E-state index >= 15 is 0 Å². The van der Waals surface area contributed by atoms with Crippen molar-refractivity contribution in [1.82, 2.24) is 5.32 Å². The van der Waals surface area contributed by atoms with Crippen molar-refractivity contribution in [1.29, 1.82) is 0 Å². The number of nitrogens with zero attached hydrogens (tertiary/aromatic N) is 2. The van der Waals surface area contributed by atoms with Crippen molar-refractivity contribution in [2.45, 2.75) is 26.0 Å². The number of hydrogen-bond acceptors (Lipinski definition) is 4. The maximum atomic E-state index is 14.5. The molecule has 0 spiro atoms. The first kappa shape index (κ1) is 17.8. The number of anilines is 2. The van der Waals surface area contributed by atoms with Crippen molar-refractivity contribution in [3.05, 3.63) is 53.8 Å². The molecule has 5 nitrogen and oxygen atoms in total. The number of amides is 1. The van der Waals surface area contributed by atoms with Crippen LogP contribution in [-0.2, 0) is 11.3 Å². The largest absolute Gasteiger partial charge is 0.474 e. The summed E-state index contributed by atoms with van der Waals surface area (Å²) < 4.78 is 20.6. The van der Waals surface area contributed by atoms with E-state index in [0.29, 0.717) is 23.7 Å². The van der Waals surface area contributed by atoms with Crippen LogP contribution in [0.4, 0.5) is 15.8 Å². The van der Waals surface area contributed by atoms with Crippen LogP contribution in [0.25, 0.3) is 0 Å². The van der Waals surface area contributed by atoms with Crippen molar-refractivity contribution in [3.63, 3.8) is 0 Å². The summed E-state index contributed by atoms with van der Waals surface area (Å²) in [6.07, 6.45) is 0. The summed E-state index contributed by atoms with van der Waals surface area (Å²) >= 11 is 0. The molecule has 2 heterocycles. The van der Waals surface area contributed by atoms with E-state index in [1.54, 1.807) is 18.7 Å². The molecule has 1 fully saturated rings. The van der Waals surface area contributed by atoms with Gasteiger partial charge in [-0.25, -0.2) is 4.39 Å². The second kappa shape index (κ2) is 6.85. The third-order valence-corrected chi connectivity index (χ3v) is 5.06. The van der Waals surface area contributed by atoms with Gasteiger partial charge in [-0.05, 0) is 19.4 Å². The predicted molar refractivity (Wildman–Crippen MR) is 104 cm³/mol. The molecule has 1 amide bonds. The number of ether oxygens (including phenoxy) is 1. The van der Waals surface area contributed by atoms with Crippen LogP contribution in [0.5, 0.6) is 5.75 Å². The van der Waals surface area contributed by atoms with Gasteiger partial charge in [0.2, 0.25) is 0 Å². The normalized spacial score (nSPS) is 18.9. The second-order valence-electron chi connectivity index (χ2n) is 7.50. The van der Waals surface area contributed by atoms with Crippen LogP contribution in [0.15, 0.2) is 42.5 Å². The summed E-state index contributed by atoms with van der Waals surface area (Å²) in [6, 6.07) is 12.6. The number of fused-ring (bicyclic) bond motifs is 1. The Morgan fingerprint density at radius 2 is 1.78 bits per heavy atom. The third-order valence-electron chi connectivity index (χ3n) is 5.06. The van der Waals surface area contributed by atoms with Gasteiger partial charge in [0.05, 0.1) is 17.9 Å². The molecule has 1 saturated heterocycles. The van der Waals surface area contributed by atoms with Crippen molar-refractivity contribution in [2.75, 3.05) is 36.0 Å². The number of carbonyl (C=O) groups excluding carboxylic acids is 1. The van der Waals surface area contributed by atoms with E-state index in [1.165, 1.54) is 12.1 Å². The number of halogens is 1. The first-order valence-electron chi connectivity index (χ1n) is 9.30. The minimum absolute atomic E-state index is 0.171. The Kier molecular flexibility index (Phi) is 4.52. The summed E-state index contributed by atoms with van der Waals surface area (Å²) in [5, 5.41) is 3.30. The molecule has 2 aliphatic heterocycles. The molecule has 0 atom stereocenters. The van der Waals surface area contributed by atoms with E-state index in [-0.39, 0.29) is 11.7 Å². The lowest BCUT2D eigenvalue weighted by Crippen LogP contribution is -2.53. The van der Waals surface area contributed by atoms with Crippen molar-refractivity contribution >= 4 is 17.3 Å². The lowest BCUT2D eigenvalue weighted by atomic mass is 10.0. The quantitative estimate of drug-likeness (QED) is 0.904. The van der Waals surface area contributed by atoms with E-state index in [4.69, 9.17) is 4.74 Å². The SMILES string of the molecule is CC1(C)Oc2c(N3CCNCC3)cc(F)cc2N(Cc2ccccc2)C1=O. The molecule has 6 heteroatoms. The number of hydrogen-bond donors (Lipinski definition) is 1. The molecule has 1 N–H and O–H groups in total. The molecule has 0 aliphatic carbocycles. The molecule has 2 aromatic carbocycles. The fraction of sp³-hybridized carbons (Fsp3) is 0.381. The first-order valence-corrected chi connectivity index (χ1v) is 9.30. The first-order chi connectivity index (χ1) is 13.0. The molecule has 4 rings (SSSR count). The number of piperazine rings is 1. The van der Waals surface area contributed by atoms with E-state index in [9.17, 15) is 9.18 Å². The fourth-order valence-electron chi connectivity index (χ4n) is 3.67. The zero-order chi connectivity index (χ0) is 19.0. The van der Waals surface area contributed by atoms with Crippen molar-refractivity contribution in [3.8, 4) is 5.75 Å². The molecule has 0 aromatic heterocycles. The van der Waals surface area contributed by atoms with E-state index < -0.39 is 5.60 Å². The Labute approximate surface area is 158 Å². The maximum absolute atomic E-state index is 14.5. The predicted octanol–water partition coefficient (Wildman–Crippen LogP) is 2.94. The molecular weight excluding hydrogens is 345 g/mol. The Morgan fingerprint density at radius 3 is 2.48 bits per heavy atom. The molecular formula is C21H24FN3O2. The van der Waals surface area contributed by atoms with Crippen LogP contribution in [0.2, 0.25) is 0 Å². The lowest BCUT2D eigenvalue weighted by Gasteiger charge is -2.41.